The van der Waals surface area contributed by atoms with Crippen molar-refractivity contribution in [2.45, 2.75) is 12.5 Å². The van der Waals surface area contributed by atoms with Crippen molar-refractivity contribution in [2.75, 3.05) is 7.11 Å². The monoisotopic (exact) mass is 350 g/mol. The SMILES string of the molecule is COc1ccccc1O[C@H](Cc1cccc(Br)c1)C(=O)O. The van der Waals surface area contributed by atoms with Crippen LogP contribution in [-0.4, -0.2) is 24.3 Å². The molecular formula is C16H15BrO4. The Morgan fingerprint density at radius 2 is 1.90 bits per heavy atom. The van der Waals surface area contributed by atoms with Crippen LogP contribution in [0.25, 0.3) is 0 Å². The van der Waals surface area contributed by atoms with E-state index >= 15 is 0 Å². The first-order valence-corrected chi connectivity index (χ1v) is 7.16. The van der Waals surface area contributed by atoms with Gasteiger partial charge in [-0.3, -0.25) is 0 Å². The quantitative estimate of drug-likeness (QED) is 0.865. The number of halogens is 1. The Hall–Kier alpha value is -2.01. The zero-order valence-corrected chi connectivity index (χ0v) is 13.0. The van der Waals surface area contributed by atoms with E-state index in [0.29, 0.717) is 11.5 Å². The van der Waals surface area contributed by atoms with Gasteiger partial charge in [0.25, 0.3) is 0 Å². The molecule has 0 aromatic heterocycles. The third-order valence-electron chi connectivity index (χ3n) is 2.92. The first kappa shape index (κ1) is 15.4. The van der Waals surface area contributed by atoms with Gasteiger partial charge in [-0.15, -0.1) is 0 Å². The third-order valence-corrected chi connectivity index (χ3v) is 3.42. The average Bonchev–Trinajstić information content (AvgIpc) is 2.47. The molecule has 21 heavy (non-hydrogen) atoms. The molecule has 2 rings (SSSR count). The molecule has 0 heterocycles. The number of carboxylic acid groups (broad SMARTS) is 1. The number of carbonyl (C=O) groups is 1. The van der Waals surface area contributed by atoms with Gasteiger partial charge < -0.3 is 14.6 Å². The van der Waals surface area contributed by atoms with Gasteiger partial charge in [-0.1, -0.05) is 40.2 Å². The van der Waals surface area contributed by atoms with Crippen LogP contribution in [-0.2, 0) is 11.2 Å². The number of hydrogen-bond acceptors (Lipinski definition) is 3. The van der Waals surface area contributed by atoms with E-state index in [2.05, 4.69) is 15.9 Å². The second-order valence-electron chi connectivity index (χ2n) is 4.43. The van der Waals surface area contributed by atoms with Crippen LogP contribution < -0.4 is 9.47 Å². The molecule has 0 aliphatic carbocycles. The van der Waals surface area contributed by atoms with Crippen LogP contribution in [0.2, 0.25) is 0 Å². The first-order valence-electron chi connectivity index (χ1n) is 6.37. The van der Waals surface area contributed by atoms with Crippen molar-refractivity contribution in [1.29, 1.82) is 0 Å². The highest BCUT2D eigenvalue weighted by molar-refractivity contribution is 9.10. The van der Waals surface area contributed by atoms with Crippen molar-refractivity contribution in [3.63, 3.8) is 0 Å². The number of ether oxygens (including phenoxy) is 2. The number of benzene rings is 2. The van der Waals surface area contributed by atoms with Crippen molar-refractivity contribution >= 4 is 21.9 Å². The van der Waals surface area contributed by atoms with E-state index in [0.717, 1.165) is 10.0 Å². The molecule has 1 N–H and O–H groups in total. The molecule has 2 aromatic carbocycles. The van der Waals surface area contributed by atoms with E-state index in [9.17, 15) is 9.90 Å². The van der Waals surface area contributed by atoms with Crippen LogP contribution in [0.4, 0.5) is 0 Å². The Balaban J connectivity index is 2.18. The highest BCUT2D eigenvalue weighted by atomic mass is 79.9. The minimum Gasteiger partial charge on any atom is -0.493 e. The summed E-state index contributed by atoms with van der Waals surface area (Å²) in [5.74, 6) is -0.0822. The summed E-state index contributed by atoms with van der Waals surface area (Å²) in [5.41, 5.74) is 0.881. The lowest BCUT2D eigenvalue weighted by Crippen LogP contribution is -2.29. The van der Waals surface area contributed by atoms with E-state index in [-0.39, 0.29) is 6.42 Å². The standard InChI is InChI=1S/C16H15BrO4/c1-20-13-7-2-3-8-14(13)21-15(16(18)19)10-11-5-4-6-12(17)9-11/h2-9,15H,10H2,1H3,(H,18,19)/t15-/m1/s1. The van der Waals surface area contributed by atoms with Gasteiger partial charge in [0.15, 0.2) is 17.6 Å². The summed E-state index contributed by atoms with van der Waals surface area (Å²) >= 11 is 3.37. The highest BCUT2D eigenvalue weighted by Crippen LogP contribution is 2.27. The maximum Gasteiger partial charge on any atom is 0.345 e. The largest absolute Gasteiger partial charge is 0.493 e. The summed E-state index contributed by atoms with van der Waals surface area (Å²) in [6.45, 7) is 0. The zero-order chi connectivity index (χ0) is 15.2. The molecular weight excluding hydrogens is 336 g/mol. The van der Waals surface area contributed by atoms with E-state index in [1.807, 2.05) is 24.3 Å². The predicted molar refractivity (Wildman–Crippen MR) is 82.9 cm³/mol. The number of para-hydroxylation sites is 2. The fourth-order valence-corrected chi connectivity index (χ4v) is 2.37. The van der Waals surface area contributed by atoms with Gasteiger partial charge in [-0.2, -0.15) is 0 Å². The van der Waals surface area contributed by atoms with Gasteiger partial charge in [0.1, 0.15) is 0 Å². The molecule has 0 fully saturated rings. The number of aliphatic carboxylic acids is 1. The number of carboxylic acids is 1. The summed E-state index contributed by atoms with van der Waals surface area (Å²) < 4.78 is 11.7. The average molecular weight is 351 g/mol. The molecule has 4 nitrogen and oxygen atoms in total. The summed E-state index contributed by atoms with van der Waals surface area (Å²) in [5, 5.41) is 9.35. The molecule has 1 atom stereocenters. The summed E-state index contributed by atoms with van der Waals surface area (Å²) in [4.78, 5) is 11.4. The van der Waals surface area contributed by atoms with Crippen molar-refractivity contribution < 1.29 is 19.4 Å². The Bertz CT molecular complexity index is 627. The van der Waals surface area contributed by atoms with Crippen molar-refractivity contribution in [2.24, 2.45) is 0 Å². The molecule has 0 amide bonds. The lowest BCUT2D eigenvalue weighted by atomic mass is 10.1. The second-order valence-corrected chi connectivity index (χ2v) is 5.35. The molecule has 0 saturated heterocycles. The highest BCUT2D eigenvalue weighted by Gasteiger charge is 2.21. The summed E-state index contributed by atoms with van der Waals surface area (Å²) in [6.07, 6.45) is -0.706. The van der Waals surface area contributed by atoms with Crippen LogP contribution in [0.1, 0.15) is 5.56 Å². The zero-order valence-electron chi connectivity index (χ0n) is 11.5. The van der Waals surface area contributed by atoms with Gasteiger partial charge >= 0.3 is 5.97 Å². The Morgan fingerprint density at radius 3 is 2.52 bits per heavy atom. The van der Waals surface area contributed by atoms with E-state index in [1.165, 1.54) is 7.11 Å². The molecule has 0 spiro atoms. The molecule has 0 radical (unpaired) electrons. The molecule has 0 bridgehead atoms. The second kappa shape index (κ2) is 7.13. The van der Waals surface area contributed by atoms with Gasteiger partial charge in [0.2, 0.25) is 0 Å². The van der Waals surface area contributed by atoms with E-state index in [1.54, 1.807) is 24.3 Å². The van der Waals surface area contributed by atoms with Crippen molar-refractivity contribution in [3.05, 3.63) is 58.6 Å². The van der Waals surface area contributed by atoms with Crippen LogP contribution in [0.3, 0.4) is 0 Å². The molecule has 0 aliphatic rings. The van der Waals surface area contributed by atoms with Crippen LogP contribution in [0.5, 0.6) is 11.5 Å². The third kappa shape index (κ3) is 4.23. The van der Waals surface area contributed by atoms with Crippen molar-refractivity contribution in [3.8, 4) is 11.5 Å². The fraction of sp³-hybridized carbons (Fsp3) is 0.188. The molecule has 110 valence electrons. The van der Waals surface area contributed by atoms with Crippen LogP contribution in [0.15, 0.2) is 53.0 Å². The maximum absolute atomic E-state index is 11.4. The van der Waals surface area contributed by atoms with Crippen LogP contribution in [0, 0.1) is 0 Å². The Kier molecular flexibility index (Phi) is 5.22. The Labute approximate surface area is 131 Å². The number of hydrogen-bond donors (Lipinski definition) is 1. The summed E-state index contributed by atoms with van der Waals surface area (Å²) in [7, 11) is 1.52. The summed E-state index contributed by atoms with van der Waals surface area (Å²) in [6, 6.07) is 14.5. The first-order chi connectivity index (χ1) is 10.1. The maximum atomic E-state index is 11.4. The lowest BCUT2D eigenvalue weighted by Gasteiger charge is -2.17. The predicted octanol–water partition coefficient (Wildman–Crippen LogP) is 3.53. The minimum atomic E-state index is -1.01. The molecule has 5 heteroatoms. The van der Waals surface area contributed by atoms with Gasteiger partial charge in [0, 0.05) is 10.9 Å². The van der Waals surface area contributed by atoms with E-state index in [4.69, 9.17) is 9.47 Å². The van der Waals surface area contributed by atoms with Crippen molar-refractivity contribution in [1.82, 2.24) is 0 Å². The molecule has 0 unspecified atom stereocenters. The van der Waals surface area contributed by atoms with Gasteiger partial charge in [-0.25, -0.2) is 4.79 Å². The fourth-order valence-electron chi connectivity index (χ4n) is 1.93. The Morgan fingerprint density at radius 1 is 1.19 bits per heavy atom. The number of rotatable bonds is 6. The normalized spacial score (nSPS) is 11.7. The molecule has 0 saturated carbocycles. The topological polar surface area (TPSA) is 55.8 Å². The number of methoxy groups -OCH3 is 1. The minimum absolute atomic E-state index is 0.271. The molecule has 2 aromatic rings. The smallest absolute Gasteiger partial charge is 0.345 e. The molecule has 0 aliphatic heterocycles. The van der Waals surface area contributed by atoms with Crippen LogP contribution >= 0.6 is 15.9 Å². The van der Waals surface area contributed by atoms with E-state index < -0.39 is 12.1 Å². The lowest BCUT2D eigenvalue weighted by molar-refractivity contribution is -0.145. The van der Waals surface area contributed by atoms with Gasteiger partial charge in [-0.05, 0) is 29.8 Å². The van der Waals surface area contributed by atoms with Gasteiger partial charge in [0.05, 0.1) is 7.11 Å².